The van der Waals surface area contributed by atoms with E-state index in [1.165, 1.54) is 37.8 Å². The summed E-state index contributed by atoms with van der Waals surface area (Å²) in [6.07, 6.45) is 8.83. The standard InChI is InChI=1S/C55H68BN5O5/c1-39(16-14-21-41-24-27-45(28-25-41)64-50-23-15-22-48(40(50)2)56-65-54(3,4)55(5,6)66-56)60-32-34-61(35-33-60)44-26-29-46-49(36-44)59(7)58-52(46)47-30-31-51(62-37-42-17-10-8-11-18-42)57-53(47)63-38-43-19-12-9-13-20-43/h8-13,15,17-20,22-23,26,29-31,36,39,41,45H,14,16,21,24-25,27-28,32-35,37-38H2,1-7H3/t39-,41?,45?/m1/s1. The fraction of sp³-hybridized carbons (Fsp3) is 0.455. The zero-order chi connectivity index (χ0) is 45.8. The third-order valence-electron chi connectivity index (χ3n) is 14.8. The molecule has 2 aliphatic heterocycles. The highest BCUT2D eigenvalue weighted by atomic mass is 16.7. The molecule has 4 heterocycles. The number of hydrogen-bond acceptors (Lipinski definition) is 9. The van der Waals surface area contributed by atoms with E-state index in [2.05, 4.69) is 99.9 Å². The number of ether oxygens (including phenoxy) is 3. The Kier molecular flexibility index (Phi) is 13.8. The molecular formula is C55H68BN5O5. The van der Waals surface area contributed by atoms with E-state index in [0.29, 0.717) is 31.0 Å². The summed E-state index contributed by atoms with van der Waals surface area (Å²) >= 11 is 0. The van der Waals surface area contributed by atoms with E-state index in [4.69, 9.17) is 33.6 Å². The molecule has 0 N–H and O–H groups in total. The van der Waals surface area contributed by atoms with Crippen molar-refractivity contribution >= 4 is 29.2 Å². The van der Waals surface area contributed by atoms with Gasteiger partial charge in [-0.1, -0.05) is 85.6 Å². The lowest BCUT2D eigenvalue weighted by Crippen LogP contribution is -2.49. The van der Waals surface area contributed by atoms with Crippen LogP contribution in [0.3, 0.4) is 0 Å². The molecule has 11 heteroatoms. The molecule has 0 bridgehead atoms. The largest absolute Gasteiger partial charge is 0.495 e. The summed E-state index contributed by atoms with van der Waals surface area (Å²) < 4.78 is 33.9. The second kappa shape index (κ2) is 19.9. The van der Waals surface area contributed by atoms with Crippen LogP contribution in [0.25, 0.3) is 22.2 Å². The van der Waals surface area contributed by atoms with Crippen molar-refractivity contribution in [3.63, 3.8) is 0 Å². The summed E-state index contributed by atoms with van der Waals surface area (Å²) in [5.74, 6) is 2.77. The van der Waals surface area contributed by atoms with Crippen LogP contribution in [0.2, 0.25) is 0 Å². The van der Waals surface area contributed by atoms with Gasteiger partial charge in [0.2, 0.25) is 11.8 Å². The zero-order valence-electron chi connectivity index (χ0n) is 40.2. The SMILES string of the molecule is Cc1c(OC2CCC(CCC[C@@H](C)N3CCN(c4ccc5c(-c6ccc(OCc7ccccc7)nc6OCc6ccccc6)nn(C)c5c4)CC3)CC2)cccc1B1OC(C)(C)C(C)(C)O1. The normalized spacial score (nSPS) is 20.1. The van der Waals surface area contributed by atoms with Crippen molar-refractivity contribution in [1.29, 1.82) is 0 Å². The van der Waals surface area contributed by atoms with E-state index in [9.17, 15) is 0 Å². The van der Waals surface area contributed by atoms with Crippen molar-refractivity contribution < 1.29 is 23.5 Å². The van der Waals surface area contributed by atoms with Crippen LogP contribution < -0.4 is 24.6 Å². The molecule has 10 nitrogen and oxygen atoms in total. The number of anilines is 1. The van der Waals surface area contributed by atoms with Gasteiger partial charge < -0.3 is 28.4 Å². The van der Waals surface area contributed by atoms with Crippen molar-refractivity contribution in [2.45, 2.75) is 123 Å². The summed E-state index contributed by atoms with van der Waals surface area (Å²) in [7, 11) is 1.65. The van der Waals surface area contributed by atoms with Crippen molar-refractivity contribution in [3.8, 4) is 28.8 Å². The average Bonchev–Trinajstić information content (AvgIpc) is 3.77. The lowest BCUT2D eigenvalue weighted by atomic mass is 9.76. The van der Waals surface area contributed by atoms with Gasteiger partial charge in [-0.15, -0.1) is 0 Å². The molecule has 3 fully saturated rings. The molecule has 346 valence electrons. The zero-order valence-corrected chi connectivity index (χ0v) is 40.2. The van der Waals surface area contributed by atoms with Crippen molar-refractivity contribution in [2.24, 2.45) is 13.0 Å². The van der Waals surface area contributed by atoms with Crippen LogP contribution >= 0.6 is 0 Å². The van der Waals surface area contributed by atoms with Crippen LogP contribution in [0.15, 0.2) is 109 Å². The Balaban J connectivity index is 0.757. The van der Waals surface area contributed by atoms with E-state index < -0.39 is 0 Å². The highest BCUT2D eigenvalue weighted by molar-refractivity contribution is 6.62. The van der Waals surface area contributed by atoms with Gasteiger partial charge in [0.15, 0.2) is 0 Å². The number of piperazine rings is 1. The lowest BCUT2D eigenvalue weighted by Gasteiger charge is -2.39. The molecule has 0 radical (unpaired) electrons. The maximum atomic E-state index is 6.66. The molecule has 0 spiro atoms. The molecule has 4 aromatic carbocycles. The Morgan fingerprint density at radius 1 is 0.758 bits per heavy atom. The topological polar surface area (TPSA) is 83.3 Å². The third kappa shape index (κ3) is 10.3. The monoisotopic (exact) mass is 890 g/mol. The highest BCUT2D eigenvalue weighted by Gasteiger charge is 2.52. The lowest BCUT2D eigenvalue weighted by molar-refractivity contribution is 0.00578. The maximum absolute atomic E-state index is 6.66. The molecule has 0 unspecified atom stereocenters. The highest BCUT2D eigenvalue weighted by Crippen LogP contribution is 2.39. The van der Waals surface area contributed by atoms with Crippen molar-refractivity contribution in [1.82, 2.24) is 19.7 Å². The first-order valence-electron chi connectivity index (χ1n) is 24.3. The van der Waals surface area contributed by atoms with Gasteiger partial charge in [0.05, 0.1) is 28.4 Å². The van der Waals surface area contributed by atoms with Crippen LogP contribution in [-0.4, -0.2) is 76.3 Å². The first-order valence-corrected chi connectivity index (χ1v) is 24.3. The molecule has 1 aliphatic carbocycles. The van der Waals surface area contributed by atoms with Crippen LogP contribution in [0, 0.1) is 12.8 Å². The number of pyridine rings is 1. The van der Waals surface area contributed by atoms with Crippen LogP contribution in [0.1, 0.15) is 96.3 Å². The molecule has 1 atom stereocenters. The number of benzene rings is 4. The van der Waals surface area contributed by atoms with E-state index >= 15 is 0 Å². The Hall–Kier alpha value is -5.36. The van der Waals surface area contributed by atoms with Crippen molar-refractivity contribution in [3.05, 3.63) is 126 Å². The molecule has 66 heavy (non-hydrogen) atoms. The maximum Gasteiger partial charge on any atom is 0.495 e. The molecule has 2 aromatic heterocycles. The van der Waals surface area contributed by atoms with Gasteiger partial charge in [0.1, 0.15) is 24.7 Å². The minimum Gasteiger partial charge on any atom is -0.490 e. The first kappa shape index (κ1) is 45.8. The number of aromatic nitrogens is 3. The van der Waals surface area contributed by atoms with Gasteiger partial charge in [-0.05, 0) is 132 Å². The second-order valence-electron chi connectivity index (χ2n) is 19.8. The van der Waals surface area contributed by atoms with E-state index in [-0.39, 0.29) is 24.4 Å². The predicted molar refractivity (Wildman–Crippen MR) is 266 cm³/mol. The van der Waals surface area contributed by atoms with Crippen LogP contribution in [0.5, 0.6) is 17.5 Å². The Morgan fingerprint density at radius 3 is 2.11 bits per heavy atom. The molecule has 3 aliphatic rings. The second-order valence-corrected chi connectivity index (χ2v) is 19.8. The Labute approximate surface area is 392 Å². The first-order chi connectivity index (χ1) is 31.9. The smallest absolute Gasteiger partial charge is 0.490 e. The minimum absolute atomic E-state index is 0.266. The third-order valence-corrected chi connectivity index (χ3v) is 14.8. The van der Waals surface area contributed by atoms with Gasteiger partial charge in [0.25, 0.3) is 0 Å². The summed E-state index contributed by atoms with van der Waals surface area (Å²) in [5, 5.41) is 6.11. The van der Waals surface area contributed by atoms with Crippen LogP contribution in [-0.2, 0) is 29.6 Å². The van der Waals surface area contributed by atoms with Crippen molar-refractivity contribution in [2.75, 3.05) is 31.1 Å². The van der Waals surface area contributed by atoms with Gasteiger partial charge in [-0.25, -0.2) is 0 Å². The number of rotatable bonds is 16. The molecule has 2 saturated heterocycles. The number of hydrogen-bond donors (Lipinski definition) is 0. The Bertz CT molecular complexity index is 2530. The summed E-state index contributed by atoms with van der Waals surface area (Å²) in [5.41, 5.74) is 7.62. The number of fused-ring (bicyclic) bond motifs is 1. The van der Waals surface area contributed by atoms with E-state index in [1.54, 1.807) is 0 Å². The van der Waals surface area contributed by atoms with Gasteiger partial charge in [0, 0.05) is 56.4 Å². The number of nitrogens with zero attached hydrogens (tertiary/aromatic N) is 5. The van der Waals surface area contributed by atoms with Crippen LogP contribution in [0.4, 0.5) is 5.69 Å². The quantitative estimate of drug-likeness (QED) is 0.0882. The molecule has 6 aromatic rings. The summed E-state index contributed by atoms with van der Waals surface area (Å²) in [6.45, 7) is 18.0. The average molecular weight is 890 g/mol. The predicted octanol–water partition coefficient (Wildman–Crippen LogP) is 10.7. The fourth-order valence-electron chi connectivity index (χ4n) is 9.90. The molecule has 9 rings (SSSR count). The summed E-state index contributed by atoms with van der Waals surface area (Å²) in [4.78, 5) is 10.1. The van der Waals surface area contributed by atoms with E-state index in [0.717, 1.165) is 95.0 Å². The van der Waals surface area contributed by atoms with Gasteiger partial charge in [-0.2, -0.15) is 10.1 Å². The molecular weight excluding hydrogens is 821 g/mol. The summed E-state index contributed by atoms with van der Waals surface area (Å²) in [6, 6.07) is 37.9. The van der Waals surface area contributed by atoms with Gasteiger partial charge >= 0.3 is 7.12 Å². The molecule has 1 saturated carbocycles. The molecule has 0 amide bonds. The van der Waals surface area contributed by atoms with E-state index in [1.807, 2.05) is 72.4 Å². The number of aryl methyl sites for hydroxylation is 1. The fourth-order valence-corrected chi connectivity index (χ4v) is 9.90. The minimum atomic E-state index is -0.375. The Morgan fingerprint density at radius 2 is 1.42 bits per heavy atom. The van der Waals surface area contributed by atoms with Gasteiger partial charge in [-0.3, -0.25) is 9.58 Å².